The maximum atomic E-state index is 6.14. The van der Waals surface area contributed by atoms with Gasteiger partial charge in [0.05, 0.1) is 15.7 Å². The first-order chi connectivity index (χ1) is 22.3. The number of fused-ring (bicyclic) bond motifs is 10. The van der Waals surface area contributed by atoms with Gasteiger partial charge in [-0.2, -0.15) is 0 Å². The van der Waals surface area contributed by atoms with Gasteiger partial charge in [-0.25, -0.2) is 0 Å². The summed E-state index contributed by atoms with van der Waals surface area (Å²) in [5.41, 5.74) is 10.3. The molecule has 7 aromatic carbocycles. The van der Waals surface area contributed by atoms with Crippen molar-refractivity contribution in [2.24, 2.45) is 0 Å². The molecule has 0 aliphatic heterocycles. The Kier molecular flexibility index (Phi) is 5.19. The molecule has 3 heterocycles. The largest absolute Gasteiger partial charge is 0.456 e. The number of thiophene rings is 1. The van der Waals surface area contributed by atoms with Crippen LogP contribution in [0.25, 0.3) is 91.9 Å². The highest BCUT2D eigenvalue weighted by Gasteiger charge is 2.18. The molecule has 0 saturated heterocycles. The molecular weight excluding hydrogens is 567 g/mol. The van der Waals surface area contributed by atoms with Crippen molar-refractivity contribution in [1.29, 1.82) is 0 Å². The van der Waals surface area contributed by atoms with Crippen molar-refractivity contribution in [3.05, 3.63) is 152 Å². The molecule has 3 aromatic heterocycles. The first-order valence-electron chi connectivity index (χ1n) is 15.3. The minimum Gasteiger partial charge on any atom is -0.456 e. The van der Waals surface area contributed by atoms with Gasteiger partial charge in [-0.05, 0) is 58.7 Å². The Morgan fingerprint density at radius 2 is 1.09 bits per heavy atom. The average Bonchev–Trinajstić information content (AvgIpc) is 3.78. The van der Waals surface area contributed by atoms with Crippen LogP contribution in [0, 0.1) is 0 Å². The van der Waals surface area contributed by atoms with Crippen molar-refractivity contribution in [3.8, 4) is 27.9 Å². The van der Waals surface area contributed by atoms with Gasteiger partial charge in [0.15, 0.2) is 0 Å². The standard InChI is InChI=1S/C42H25NOS/c1-4-12-36-31(8-1)33-24-25-34-32-9-3-6-15-39(32)45-42(34)41(33)43(36)29-22-20-27(21-23-29)26-16-18-28(19-17-26)30-11-7-14-38-40(30)35-10-2-5-13-37(35)44-38/h1-25H. The molecule has 0 aliphatic rings. The molecule has 10 rings (SSSR count). The number of furan rings is 1. The van der Waals surface area contributed by atoms with Gasteiger partial charge in [0.25, 0.3) is 0 Å². The molecule has 0 bridgehead atoms. The van der Waals surface area contributed by atoms with Crippen LogP contribution < -0.4 is 0 Å². The van der Waals surface area contributed by atoms with Gasteiger partial charge in [0.2, 0.25) is 0 Å². The van der Waals surface area contributed by atoms with Crippen molar-refractivity contribution in [3.63, 3.8) is 0 Å². The van der Waals surface area contributed by atoms with Crippen LogP contribution in [0.4, 0.5) is 0 Å². The number of hydrogen-bond acceptors (Lipinski definition) is 2. The molecular formula is C42H25NOS. The van der Waals surface area contributed by atoms with Crippen LogP contribution in [0.5, 0.6) is 0 Å². The fourth-order valence-electron chi connectivity index (χ4n) is 7.16. The van der Waals surface area contributed by atoms with Crippen LogP contribution in [0.15, 0.2) is 156 Å². The van der Waals surface area contributed by atoms with E-state index in [0.29, 0.717) is 0 Å². The highest BCUT2D eigenvalue weighted by molar-refractivity contribution is 7.26. The molecule has 45 heavy (non-hydrogen) atoms. The first kappa shape index (κ1) is 24.8. The van der Waals surface area contributed by atoms with E-state index in [1.54, 1.807) is 0 Å². The summed E-state index contributed by atoms with van der Waals surface area (Å²) < 4.78 is 11.3. The number of benzene rings is 7. The molecule has 0 radical (unpaired) electrons. The topological polar surface area (TPSA) is 18.1 Å². The molecule has 0 unspecified atom stereocenters. The van der Waals surface area contributed by atoms with E-state index in [9.17, 15) is 0 Å². The van der Waals surface area contributed by atoms with Gasteiger partial charge < -0.3 is 8.98 Å². The minimum atomic E-state index is 0.923. The SMILES string of the molecule is c1ccc2c(c1)oc1cccc(-c3ccc(-c4ccc(-n5c6ccccc6c6ccc7c8ccccc8sc7c65)cc4)cc3)c12. The molecule has 0 spiro atoms. The quantitative estimate of drug-likeness (QED) is 0.200. The first-order valence-corrected chi connectivity index (χ1v) is 16.1. The second-order valence-corrected chi connectivity index (χ2v) is 12.7. The highest BCUT2D eigenvalue weighted by Crippen LogP contribution is 2.43. The molecule has 210 valence electrons. The second-order valence-electron chi connectivity index (χ2n) is 11.7. The van der Waals surface area contributed by atoms with Crippen LogP contribution in [0.2, 0.25) is 0 Å². The maximum absolute atomic E-state index is 6.14. The lowest BCUT2D eigenvalue weighted by Crippen LogP contribution is -1.94. The lowest BCUT2D eigenvalue weighted by molar-refractivity contribution is 0.669. The Balaban J connectivity index is 1.08. The van der Waals surface area contributed by atoms with E-state index in [0.717, 1.165) is 16.6 Å². The molecule has 0 amide bonds. The van der Waals surface area contributed by atoms with Crippen LogP contribution >= 0.6 is 11.3 Å². The van der Waals surface area contributed by atoms with E-state index in [1.807, 2.05) is 23.5 Å². The summed E-state index contributed by atoms with van der Waals surface area (Å²) in [5, 5.41) is 7.55. The summed E-state index contributed by atoms with van der Waals surface area (Å²) >= 11 is 1.89. The lowest BCUT2D eigenvalue weighted by Gasteiger charge is -2.11. The Morgan fingerprint density at radius 1 is 0.444 bits per heavy atom. The van der Waals surface area contributed by atoms with E-state index in [1.165, 1.54) is 75.3 Å². The Bertz CT molecular complexity index is 2740. The van der Waals surface area contributed by atoms with Crippen molar-refractivity contribution in [1.82, 2.24) is 4.57 Å². The third kappa shape index (κ3) is 3.62. The lowest BCUT2D eigenvalue weighted by atomic mass is 9.97. The molecule has 0 aliphatic carbocycles. The Hall–Kier alpha value is -5.64. The van der Waals surface area contributed by atoms with Crippen molar-refractivity contribution < 1.29 is 4.42 Å². The summed E-state index contributed by atoms with van der Waals surface area (Å²) in [6.07, 6.45) is 0. The smallest absolute Gasteiger partial charge is 0.136 e. The molecule has 0 N–H and O–H groups in total. The number of nitrogens with zero attached hydrogens (tertiary/aromatic N) is 1. The second kappa shape index (κ2) is 9.43. The monoisotopic (exact) mass is 591 g/mol. The van der Waals surface area contributed by atoms with Gasteiger partial charge in [0, 0.05) is 42.7 Å². The fraction of sp³-hybridized carbons (Fsp3) is 0. The van der Waals surface area contributed by atoms with Gasteiger partial charge in [-0.15, -0.1) is 11.3 Å². The third-order valence-electron chi connectivity index (χ3n) is 9.24. The zero-order chi connectivity index (χ0) is 29.5. The summed E-state index contributed by atoms with van der Waals surface area (Å²) in [5.74, 6) is 0. The maximum Gasteiger partial charge on any atom is 0.136 e. The highest BCUT2D eigenvalue weighted by atomic mass is 32.1. The molecule has 0 atom stereocenters. The molecule has 0 fully saturated rings. The van der Waals surface area contributed by atoms with Crippen molar-refractivity contribution in [2.45, 2.75) is 0 Å². The van der Waals surface area contributed by atoms with Crippen molar-refractivity contribution in [2.75, 3.05) is 0 Å². The predicted molar refractivity (Wildman–Crippen MR) is 192 cm³/mol. The molecule has 0 saturated carbocycles. The average molecular weight is 592 g/mol. The summed E-state index contributed by atoms with van der Waals surface area (Å²) in [6.45, 7) is 0. The molecule has 3 heteroatoms. The van der Waals surface area contributed by atoms with E-state index in [2.05, 4.69) is 144 Å². The summed E-state index contributed by atoms with van der Waals surface area (Å²) in [6, 6.07) is 54.7. The summed E-state index contributed by atoms with van der Waals surface area (Å²) in [7, 11) is 0. The normalized spacial score (nSPS) is 12.0. The third-order valence-corrected chi connectivity index (χ3v) is 10.4. The number of para-hydroxylation sites is 2. The van der Waals surface area contributed by atoms with E-state index in [-0.39, 0.29) is 0 Å². The van der Waals surface area contributed by atoms with Gasteiger partial charge in [-0.1, -0.05) is 115 Å². The van der Waals surface area contributed by atoms with Crippen molar-refractivity contribution >= 4 is 75.3 Å². The number of rotatable bonds is 3. The predicted octanol–water partition coefficient (Wildman–Crippen LogP) is 12.4. The fourth-order valence-corrected chi connectivity index (χ4v) is 8.40. The Labute approximate surface area is 263 Å². The number of hydrogen-bond donors (Lipinski definition) is 0. The summed E-state index contributed by atoms with van der Waals surface area (Å²) in [4.78, 5) is 0. The Morgan fingerprint density at radius 3 is 1.93 bits per heavy atom. The van der Waals surface area contributed by atoms with E-state index < -0.39 is 0 Å². The molecule has 10 aromatic rings. The minimum absolute atomic E-state index is 0.923. The van der Waals surface area contributed by atoms with Crippen LogP contribution in [-0.2, 0) is 0 Å². The zero-order valence-electron chi connectivity index (χ0n) is 24.2. The van der Waals surface area contributed by atoms with Gasteiger partial charge in [0.1, 0.15) is 11.2 Å². The zero-order valence-corrected chi connectivity index (χ0v) is 25.0. The van der Waals surface area contributed by atoms with Crippen LogP contribution in [0.3, 0.4) is 0 Å². The van der Waals surface area contributed by atoms with E-state index in [4.69, 9.17) is 4.42 Å². The van der Waals surface area contributed by atoms with E-state index >= 15 is 0 Å². The van der Waals surface area contributed by atoms with Gasteiger partial charge in [-0.3, -0.25) is 0 Å². The molecule has 2 nitrogen and oxygen atoms in total. The number of aromatic nitrogens is 1. The van der Waals surface area contributed by atoms with Crippen LogP contribution in [-0.4, -0.2) is 4.57 Å². The van der Waals surface area contributed by atoms with Gasteiger partial charge >= 0.3 is 0 Å². The van der Waals surface area contributed by atoms with Crippen LogP contribution in [0.1, 0.15) is 0 Å².